The zero-order valence-electron chi connectivity index (χ0n) is 18.2. The summed E-state index contributed by atoms with van der Waals surface area (Å²) in [6, 6.07) is 8.63. The number of benzene rings is 1. The molecular weight excluding hydrogens is 416 g/mol. The van der Waals surface area contributed by atoms with Gasteiger partial charge in [-0.3, -0.25) is 4.79 Å². The van der Waals surface area contributed by atoms with Crippen molar-refractivity contribution >= 4 is 12.1 Å². The van der Waals surface area contributed by atoms with Crippen LogP contribution in [0.5, 0.6) is 11.5 Å². The predicted molar refractivity (Wildman–Crippen MR) is 113 cm³/mol. The zero-order valence-corrected chi connectivity index (χ0v) is 18.2. The highest BCUT2D eigenvalue weighted by atomic mass is 16.7. The fourth-order valence-corrected chi connectivity index (χ4v) is 2.82. The second-order valence-electron chi connectivity index (χ2n) is 6.68. The Balaban J connectivity index is 1.77. The van der Waals surface area contributed by atoms with Crippen molar-refractivity contribution in [1.82, 2.24) is 20.4 Å². The fourth-order valence-electron chi connectivity index (χ4n) is 2.82. The van der Waals surface area contributed by atoms with Crippen LogP contribution in [0.15, 0.2) is 41.1 Å². The van der Waals surface area contributed by atoms with E-state index in [1.165, 1.54) is 24.9 Å². The molecule has 0 fully saturated rings. The summed E-state index contributed by atoms with van der Waals surface area (Å²) in [7, 11) is 1.38. The largest absolute Gasteiger partial charge is 0.514 e. The van der Waals surface area contributed by atoms with E-state index in [0.717, 1.165) is 12.0 Å². The van der Waals surface area contributed by atoms with Gasteiger partial charge in [0, 0.05) is 17.8 Å². The van der Waals surface area contributed by atoms with Crippen LogP contribution < -0.4 is 14.8 Å². The number of nitrogens with zero attached hydrogens (tertiary/aromatic N) is 3. The summed E-state index contributed by atoms with van der Waals surface area (Å²) in [5, 5.41) is 6.68. The van der Waals surface area contributed by atoms with E-state index in [4.69, 9.17) is 18.7 Å². The number of carbonyl (C=O) groups is 2. The molecule has 10 nitrogen and oxygen atoms in total. The Bertz CT molecular complexity index is 1080. The Kier molecular flexibility index (Phi) is 7.37. The first-order valence-electron chi connectivity index (χ1n) is 10.1. The molecule has 0 aliphatic carbocycles. The van der Waals surface area contributed by atoms with Crippen LogP contribution in [0.3, 0.4) is 0 Å². The number of aromatic nitrogens is 3. The van der Waals surface area contributed by atoms with Crippen LogP contribution >= 0.6 is 0 Å². The molecule has 3 rings (SSSR count). The van der Waals surface area contributed by atoms with E-state index in [2.05, 4.69) is 27.4 Å². The van der Waals surface area contributed by atoms with Gasteiger partial charge in [-0.15, -0.1) is 0 Å². The average Bonchev–Trinajstić information content (AvgIpc) is 3.30. The summed E-state index contributed by atoms with van der Waals surface area (Å²) < 4.78 is 20.4. The van der Waals surface area contributed by atoms with Crippen molar-refractivity contribution in [3.05, 3.63) is 53.6 Å². The van der Waals surface area contributed by atoms with Gasteiger partial charge in [-0.25, -0.2) is 9.78 Å². The third-order valence-corrected chi connectivity index (χ3v) is 4.54. The smallest absolute Gasteiger partial charge is 0.493 e. The first-order valence-corrected chi connectivity index (χ1v) is 10.1. The van der Waals surface area contributed by atoms with Crippen LogP contribution in [-0.2, 0) is 11.2 Å². The lowest BCUT2D eigenvalue weighted by atomic mass is 10.1. The molecule has 1 atom stereocenters. The van der Waals surface area contributed by atoms with E-state index < -0.39 is 18.1 Å². The molecule has 0 saturated carbocycles. The first-order chi connectivity index (χ1) is 15.5. The molecule has 1 N–H and O–H groups in total. The Morgan fingerprint density at radius 1 is 1.16 bits per heavy atom. The number of methoxy groups -OCH3 is 1. The summed E-state index contributed by atoms with van der Waals surface area (Å²) in [4.78, 5) is 33.0. The van der Waals surface area contributed by atoms with Gasteiger partial charge in [-0.05, 0) is 38.0 Å². The van der Waals surface area contributed by atoms with Crippen molar-refractivity contribution in [2.45, 2.75) is 33.2 Å². The number of nitrogens with one attached hydrogen (secondary N) is 1. The van der Waals surface area contributed by atoms with Crippen LogP contribution in [0.25, 0.3) is 11.5 Å². The number of pyridine rings is 1. The molecule has 0 spiro atoms. The van der Waals surface area contributed by atoms with Gasteiger partial charge in [0.1, 0.15) is 0 Å². The lowest BCUT2D eigenvalue weighted by Crippen LogP contribution is -2.29. The molecule has 0 aliphatic rings. The van der Waals surface area contributed by atoms with E-state index in [9.17, 15) is 9.59 Å². The third kappa shape index (κ3) is 5.20. The summed E-state index contributed by atoms with van der Waals surface area (Å²) >= 11 is 0. The van der Waals surface area contributed by atoms with E-state index in [0.29, 0.717) is 5.89 Å². The maximum Gasteiger partial charge on any atom is 0.514 e. The van der Waals surface area contributed by atoms with Gasteiger partial charge in [0.15, 0.2) is 17.3 Å². The number of amides is 1. The average molecular weight is 440 g/mol. The highest BCUT2D eigenvalue weighted by Crippen LogP contribution is 2.30. The topological polar surface area (TPSA) is 126 Å². The van der Waals surface area contributed by atoms with Crippen molar-refractivity contribution in [2.24, 2.45) is 0 Å². The standard InChI is InChI=1S/C22H24N4O6/c1-5-14-7-9-15(10-8-14)21-25-19(26-32-21)13(3)24-20(27)17-18(31-22(28)30-6-2)16(29-4)11-12-23-17/h7-13H,5-6H2,1-4H3,(H,24,27)/t13-/m0/s1. The van der Waals surface area contributed by atoms with Gasteiger partial charge >= 0.3 is 6.16 Å². The minimum Gasteiger partial charge on any atom is -0.493 e. The van der Waals surface area contributed by atoms with E-state index in [-0.39, 0.29) is 29.6 Å². The second-order valence-corrected chi connectivity index (χ2v) is 6.68. The Morgan fingerprint density at radius 2 is 1.91 bits per heavy atom. The molecule has 0 aliphatic heterocycles. The Hall–Kier alpha value is -3.95. The number of ether oxygens (including phenoxy) is 3. The fraction of sp³-hybridized carbons (Fsp3) is 0.318. The second kappa shape index (κ2) is 10.4. The molecule has 1 aromatic carbocycles. The van der Waals surface area contributed by atoms with Crippen molar-refractivity contribution in [1.29, 1.82) is 0 Å². The number of aryl methyl sites for hydroxylation is 1. The van der Waals surface area contributed by atoms with Crippen molar-refractivity contribution in [3.63, 3.8) is 0 Å². The van der Waals surface area contributed by atoms with Gasteiger partial charge in [0.25, 0.3) is 11.8 Å². The minimum absolute atomic E-state index is 0.112. The Labute approximate surface area is 184 Å². The molecule has 1 amide bonds. The monoisotopic (exact) mass is 440 g/mol. The molecule has 2 heterocycles. The highest BCUT2D eigenvalue weighted by Gasteiger charge is 2.25. The molecular formula is C22H24N4O6. The van der Waals surface area contributed by atoms with Gasteiger partial charge in [0.2, 0.25) is 5.75 Å². The summed E-state index contributed by atoms with van der Waals surface area (Å²) in [6.07, 6.45) is 1.32. The highest BCUT2D eigenvalue weighted by molar-refractivity contribution is 5.96. The maximum atomic E-state index is 12.9. The van der Waals surface area contributed by atoms with Crippen molar-refractivity contribution in [2.75, 3.05) is 13.7 Å². The molecule has 0 bridgehead atoms. The van der Waals surface area contributed by atoms with Gasteiger partial charge < -0.3 is 24.1 Å². The molecule has 3 aromatic rings. The predicted octanol–water partition coefficient (Wildman–Crippen LogP) is 3.73. The van der Waals surface area contributed by atoms with Gasteiger partial charge in [-0.1, -0.05) is 24.2 Å². The zero-order chi connectivity index (χ0) is 23.1. The van der Waals surface area contributed by atoms with Crippen LogP contribution in [0.4, 0.5) is 4.79 Å². The number of hydrogen-bond acceptors (Lipinski definition) is 9. The first kappa shape index (κ1) is 22.7. The SMILES string of the molecule is CCOC(=O)Oc1c(OC)ccnc1C(=O)N[C@@H](C)c1noc(-c2ccc(CC)cc2)n1. The van der Waals surface area contributed by atoms with Crippen LogP contribution in [0.2, 0.25) is 0 Å². The van der Waals surface area contributed by atoms with E-state index >= 15 is 0 Å². The molecule has 10 heteroatoms. The quantitative estimate of drug-likeness (QED) is 0.521. The van der Waals surface area contributed by atoms with E-state index in [1.807, 2.05) is 24.3 Å². The summed E-state index contributed by atoms with van der Waals surface area (Å²) in [5.41, 5.74) is 1.82. The van der Waals surface area contributed by atoms with Gasteiger partial charge in [0.05, 0.1) is 19.8 Å². The van der Waals surface area contributed by atoms with Gasteiger partial charge in [-0.2, -0.15) is 4.98 Å². The number of hydrogen-bond donors (Lipinski definition) is 1. The normalized spacial score (nSPS) is 11.5. The molecule has 0 radical (unpaired) electrons. The molecule has 32 heavy (non-hydrogen) atoms. The lowest BCUT2D eigenvalue weighted by Gasteiger charge is -2.14. The van der Waals surface area contributed by atoms with Crippen LogP contribution in [0.1, 0.15) is 48.7 Å². The van der Waals surface area contributed by atoms with Crippen LogP contribution in [0, 0.1) is 0 Å². The summed E-state index contributed by atoms with van der Waals surface area (Å²) in [5.74, 6) is 0.0128. The Morgan fingerprint density at radius 3 is 2.56 bits per heavy atom. The molecule has 168 valence electrons. The molecule has 0 saturated heterocycles. The van der Waals surface area contributed by atoms with Crippen LogP contribution in [-0.4, -0.2) is 40.9 Å². The maximum absolute atomic E-state index is 12.9. The molecule has 0 unspecified atom stereocenters. The number of carbonyl (C=O) groups excluding carboxylic acids is 2. The third-order valence-electron chi connectivity index (χ3n) is 4.54. The summed E-state index contributed by atoms with van der Waals surface area (Å²) in [6.45, 7) is 5.51. The van der Waals surface area contributed by atoms with E-state index in [1.54, 1.807) is 13.8 Å². The number of rotatable bonds is 8. The molecule has 2 aromatic heterocycles. The van der Waals surface area contributed by atoms with Crippen molar-refractivity contribution < 1.29 is 28.3 Å². The minimum atomic E-state index is -0.974. The van der Waals surface area contributed by atoms with Crippen molar-refractivity contribution in [3.8, 4) is 23.0 Å². The lowest BCUT2D eigenvalue weighted by molar-refractivity contribution is 0.0914.